The topological polar surface area (TPSA) is 104 Å². The first-order valence-electron chi connectivity index (χ1n) is 10.2. The number of anilines is 1. The molecule has 9 nitrogen and oxygen atoms in total. The summed E-state index contributed by atoms with van der Waals surface area (Å²) in [7, 11) is 0. The summed E-state index contributed by atoms with van der Waals surface area (Å²) in [6.45, 7) is 5.93. The van der Waals surface area contributed by atoms with E-state index >= 15 is 0 Å². The zero-order chi connectivity index (χ0) is 21.8. The normalized spacial score (nSPS) is 28.0. The lowest BCUT2D eigenvalue weighted by atomic mass is 10.1. The number of nitrogens with one attached hydrogen (secondary N) is 1. The van der Waals surface area contributed by atoms with Gasteiger partial charge in [-0.15, -0.1) is 0 Å². The number of imidazole rings is 1. The van der Waals surface area contributed by atoms with Gasteiger partial charge in [0.25, 0.3) is 0 Å². The molecule has 2 N–H and O–H groups in total. The Morgan fingerprint density at radius 3 is 2.68 bits per heavy atom. The fourth-order valence-corrected chi connectivity index (χ4v) is 4.37. The lowest BCUT2D eigenvalue weighted by Crippen LogP contribution is -2.36. The molecule has 2 saturated heterocycles. The van der Waals surface area contributed by atoms with E-state index in [1.54, 1.807) is 17.8 Å². The van der Waals surface area contributed by atoms with Crippen molar-refractivity contribution in [2.45, 2.75) is 63.7 Å². The lowest BCUT2D eigenvalue weighted by Gasteiger charge is -2.25. The summed E-state index contributed by atoms with van der Waals surface area (Å²) in [6, 6.07) is 9.97. The molecule has 0 saturated carbocycles. The molecular weight excluding hydrogens is 422 g/mol. The first-order valence-corrected chi connectivity index (χ1v) is 10.6. The molecule has 31 heavy (non-hydrogen) atoms. The highest BCUT2D eigenvalue weighted by Crippen LogP contribution is 2.44. The second-order valence-electron chi connectivity index (χ2n) is 8.30. The van der Waals surface area contributed by atoms with E-state index in [1.807, 2.05) is 44.2 Å². The fourth-order valence-electron chi connectivity index (χ4n) is 4.20. The van der Waals surface area contributed by atoms with E-state index in [0.717, 1.165) is 5.56 Å². The number of aromatic nitrogens is 4. The van der Waals surface area contributed by atoms with Gasteiger partial charge in [0.1, 0.15) is 18.3 Å². The van der Waals surface area contributed by atoms with Crippen LogP contribution in [0, 0.1) is 0 Å². The van der Waals surface area contributed by atoms with Crippen molar-refractivity contribution in [1.82, 2.24) is 19.5 Å². The summed E-state index contributed by atoms with van der Waals surface area (Å²) in [5, 5.41) is 13.6. The molecule has 1 unspecified atom stereocenters. The number of nitrogens with zero attached hydrogens (tertiary/aromatic N) is 4. The number of rotatable bonds is 5. The Morgan fingerprint density at radius 1 is 1.19 bits per heavy atom. The molecule has 2 aliphatic heterocycles. The number of aliphatic hydroxyl groups excluding tert-OH is 1. The van der Waals surface area contributed by atoms with Crippen LogP contribution in [0.3, 0.4) is 0 Å². The van der Waals surface area contributed by atoms with Gasteiger partial charge in [0.2, 0.25) is 5.28 Å². The SMILES string of the molecule is CC(O)[C@H]1O[C@@H](n2cnc3c(NCc4ccccc4)nc(Cl)nc32)[C@@H]2OC(C)(C)O[C@@H]21. The molecule has 1 aromatic carbocycles. The van der Waals surface area contributed by atoms with E-state index < -0.39 is 36.4 Å². The molecule has 0 aliphatic carbocycles. The predicted molar refractivity (Wildman–Crippen MR) is 114 cm³/mol. The zero-order valence-corrected chi connectivity index (χ0v) is 18.2. The molecule has 3 aromatic rings. The third-order valence-electron chi connectivity index (χ3n) is 5.51. The molecule has 5 rings (SSSR count). The molecule has 2 fully saturated rings. The molecule has 164 valence electrons. The average molecular weight is 446 g/mol. The van der Waals surface area contributed by atoms with E-state index in [1.165, 1.54) is 0 Å². The van der Waals surface area contributed by atoms with Gasteiger partial charge < -0.3 is 24.6 Å². The number of aliphatic hydroxyl groups is 1. The molecule has 2 aromatic heterocycles. The first-order chi connectivity index (χ1) is 14.8. The number of hydrogen-bond acceptors (Lipinski definition) is 8. The Morgan fingerprint density at radius 2 is 1.94 bits per heavy atom. The van der Waals surface area contributed by atoms with Crippen LogP contribution in [-0.4, -0.2) is 54.8 Å². The highest BCUT2D eigenvalue weighted by molar-refractivity contribution is 6.28. The highest BCUT2D eigenvalue weighted by Gasteiger charge is 2.57. The van der Waals surface area contributed by atoms with Gasteiger partial charge in [-0.3, -0.25) is 4.57 Å². The van der Waals surface area contributed by atoms with E-state index in [0.29, 0.717) is 23.5 Å². The van der Waals surface area contributed by atoms with Crippen molar-refractivity contribution < 1.29 is 19.3 Å². The van der Waals surface area contributed by atoms with Crippen molar-refractivity contribution in [3.63, 3.8) is 0 Å². The number of benzene rings is 1. The summed E-state index contributed by atoms with van der Waals surface area (Å²) >= 11 is 6.24. The lowest BCUT2D eigenvalue weighted by molar-refractivity contribution is -0.205. The smallest absolute Gasteiger partial charge is 0.226 e. The first kappa shape index (κ1) is 20.6. The van der Waals surface area contributed by atoms with Crippen molar-refractivity contribution in [3.8, 4) is 0 Å². The third-order valence-corrected chi connectivity index (χ3v) is 5.68. The molecule has 4 heterocycles. The molecule has 0 amide bonds. The Hall–Kier alpha value is -2.30. The van der Waals surface area contributed by atoms with Gasteiger partial charge in [-0.05, 0) is 37.9 Å². The van der Waals surface area contributed by atoms with E-state index in [-0.39, 0.29) is 5.28 Å². The van der Waals surface area contributed by atoms with Crippen LogP contribution in [0.4, 0.5) is 5.82 Å². The maximum atomic E-state index is 10.2. The van der Waals surface area contributed by atoms with Crippen LogP contribution in [0.2, 0.25) is 5.28 Å². The van der Waals surface area contributed by atoms with Crippen LogP contribution in [0.15, 0.2) is 36.7 Å². The number of ether oxygens (including phenoxy) is 3. The van der Waals surface area contributed by atoms with Crippen molar-refractivity contribution in [3.05, 3.63) is 47.5 Å². The maximum absolute atomic E-state index is 10.2. The molecule has 10 heteroatoms. The van der Waals surface area contributed by atoms with Gasteiger partial charge in [-0.2, -0.15) is 9.97 Å². The van der Waals surface area contributed by atoms with Crippen LogP contribution in [-0.2, 0) is 20.8 Å². The van der Waals surface area contributed by atoms with Gasteiger partial charge in [0.15, 0.2) is 29.0 Å². The van der Waals surface area contributed by atoms with Gasteiger partial charge >= 0.3 is 0 Å². The molecule has 5 atom stereocenters. The van der Waals surface area contributed by atoms with Crippen molar-refractivity contribution in [2.24, 2.45) is 0 Å². The molecule has 0 bridgehead atoms. The molecule has 0 radical (unpaired) electrons. The van der Waals surface area contributed by atoms with Crippen LogP contribution in [0.5, 0.6) is 0 Å². The van der Waals surface area contributed by atoms with Crippen LogP contribution < -0.4 is 5.32 Å². The second kappa shape index (κ2) is 7.68. The molecule has 2 aliphatic rings. The van der Waals surface area contributed by atoms with Gasteiger partial charge in [-0.25, -0.2) is 4.98 Å². The number of halogens is 1. The highest BCUT2D eigenvalue weighted by atomic mass is 35.5. The largest absolute Gasteiger partial charge is 0.391 e. The summed E-state index contributed by atoms with van der Waals surface area (Å²) in [6.07, 6.45) is -1.06. The summed E-state index contributed by atoms with van der Waals surface area (Å²) in [5.74, 6) is -0.251. The van der Waals surface area contributed by atoms with E-state index in [4.69, 9.17) is 25.8 Å². The van der Waals surface area contributed by atoms with Gasteiger partial charge in [0.05, 0.1) is 12.4 Å². The Balaban J connectivity index is 1.49. The van der Waals surface area contributed by atoms with E-state index in [9.17, 15) is 5.11 Å². The van der Waals surface area contributed by atoms with Gasteiger partial charge in [-0.1, -0.05) is 30.3 Å². The van der Waals surface area contributed by atoms with E-state index in [2.05, 4.69) is 20.3 Å². The van der Waals surface area contributed by atoms with Crippen LogP contribution in [0.1, 0.15) is 32.6 Å². The maximum Gasteiger partial charge on any atom is 0.226 e. The Bertz CT molecular complexity index is 1090. The monoisotopic (exact) mass is 445 g/mol. The fraction of sp³-hybridized carbons (Fsp3) is 0.476. The summed E-state index contributed by atoms with van der Waals surface area (Å²) in [5.41, 5.74) is 2.18. The van der Waals surface area contributed by atoms with Crippen LogP contribution >= 0.6 is 11.6 Å². The standard InChI is InChI=1S/C21H24ClN5O4/c1-11(28)14-15-16(31-21(2,3)30-15)19(29-14)27-10-24-13-17(25-20(22)26-18(13)27)23-9-12-7-5-4-6-8-12/h4-8,10-11,14-16,19,28H,9H2,1-3H3,(H,23,25,26)/t11?,14-,15-,16-,19-/m1/s1. The minimum absolute atomic E-state index is 0.0929. The van der Waals surface area contributed by atoms with Crippen molar-refractivity contribution in [2.75, 3.05) is 5.32 Å². The van der Waals surface area contributed by atoms with Crippen LogP contribution in [0.25, 0.3) is 11.2 Å². The summed E-state index contributed by atoms with van der Waals surface area (Å²) in [4.78, 5) is 13.2. The minimum Gasteiger partial charge on any atom is -0.391 e. The van der Waals surface area contributed by atoms with Crippen molar-refractivity contribution >= 4 is 28.6 Å². The molecular formula is C21H24ClN5O4. The Kier molecular flexibility index (Phi) is 5.10. The van der Waals surface area contributed by atoms with Crippen molar-refractivity contribution in [1.29, 1.82) is 0 Å². The quantitative estimate of drug-likeness (QED) is 0.578. The summed E-state index contributed by atoms with van der Waals surface area (Å²) < 4.78 is 20.0. The second-order valence-corrected chi connectivity index (χ2v) is 8.64. The Labute approximate surface area is 184 Å². The zero-order valence-electron chi connectivity index (χ0n) is 17.4. The average Bonchev–Trinajstić information content (AvgIpc) is 3.37. The molecule has 0 spiro atoms. The number of hydrogen-bond donors (Lipinski definition) is 2. The predicted octanol–water partition coefficient (Wildman–Crippen LogP) is 2.89. The minimum atomic E-state index is -0.782. The number of fused-ring (bicyclic) bond motifs is 2. The third kappa shape index (κ3) is 3.77. The van der Waals surface area contributed by atoms with Gasteiger partial charge in [0, 0.05) is 6.54 Å².